The van der Waals surface area contributed by atoms with E-state index in [4.69, 9.17) is 23.2 Å². The first-order valence-corrected chi connectivity index (χ1v) is 10.1. The zero-order valence-electron chi connectivity index (χ0n) is 16.4. The van der Waals surface area contributed by atoms with E-state index in [1.807, 2.05) is 44.2 Å². The SMILES string of the molecule is CC[C@@H](C)NC(=O)[C@@H](C)N(Cc1ccccc1Cl)C(=O)Cc1cccc(Cl)c1. The Labute approximate surface area is 176 Å². The number of rotatable bonds is 8. The first kappa shape index (κ1) is 22.3. The van der Waals surface area contributed by atoms with Crippen LogP contribution in [0, 0.1) is 0 Å². The highest BCUT2D eigenvalue weighted by Crippen LogP contribution is 2.20. The van der Waals surface area contributed by atoms with Crippen molar-refractivity contribution in [2.24, 2.45) is 0 Å². The highest BCUT2D eigenvalue weighted by atomic mass is 35.5. The summed E-state index contributed by atoms with van der Waals surface area (Å²) < 4.78 is 0. The van der Waals surface area contributed by atoms with Crippen LogP contribution in [0.25, 0.3) is 0 Å². The second-order valence-electron chi connectivity index (χ2n) is 6.91. The van der Waals surface area contributed by atoms with Gasteiger partial charge in [-0.2, -0.15) is 0 Å². The number of nitrogens with one attached hydrogen (secondary N) is 1. The number of nitrogens with zero attached hydrogens (tertiary/aromatic N) is 1. The van der Waals surface area contributed by atoms with E-state index < -0.39 is 6.04 Å². The van der Waals surface area contributed by atoms with Crippen molar-refractivity contribution >= 4 is 35.0 Å². The maximum atomic E-state index is 13.1. The molecule has 6 heteroatoms. The van der Waals surface area contributed by atoms with Gasteiger partial charge in [-0.25, -0.2) is 0 Å². The summed E-state index contributed by atoms with van der Waals surface area (Å²) in [5, 5.41) is 4.09. The molecule has 0 aromatic heterocycles. The average molecular weight is 421 g/mol. The molecule has 0 aliphatic heterocycles. The molecular weight excluding hydrogens is 395 g/mol. The number of benzene rings is 2. The summed E-state index contributed by atoms with van der Waals surface area (Å²) in [4.78, 5) is 27.4. The Hall–Kier alpha value is -2.04. The molecule has 0 aliphatic carbocycles. The summed E-state index contributed by atoms with van der Waals surface area (Å²) in [6, 6.07) is 13.9. The van der Waals surface area contributed by atoms with Crippen LogP contribution in [0.1, 0.15) is 38.3 Å². The molecule has 2 amide bonds. The van der Waals surface area contributed by atoms with Crippen LogP contribution in [0.3, 0.4) is 0 Å². The third-order valence-corrected chi connectivity index (χ3v) is 5.32. The number of carbonyl (C=O) groups is 2. The third kappa shape index (κ3) is 6.25. The lowest BCUT2D eigenvalue weighted by Gasteiger charge is -2.30. The van der Waals surface area contributed by atoms with Gasteiger partial charge in [0.25, 0.3) is 0 Å². The summed E-state index contributed by atoms with van der Waals surface area (Å²) in [5.41, 5.74) is 1.60. The number of carbonyl (C=O) groups excluding carboxylic acids is 2. The quantitative estimate of drug-likeness (QED) is 0.661. The topological polar surface area (TPSA) is 49.4 Å². The number of amides is 2. The van der Waals surface area contributed by atoms with Crippen molar-refractivity contribution in [1.29, 1.82) is 0 Å². The lowest BCUT2D eigenvalue weighted by Crippen LogP contribution is -2.49. The van der Waals surface area contributed by atoms with Crippen molar-refractivity contribution in [2.45, 2.75) is 52.2 Å². The van der Waals surface area contributed by atoms with Crippen LogP contribution >= 0.6 is 23.2 Å². The van der Waals surface area contributed by atoms with Crippen LogP contribution in [-0.2, 0) is 22.6 Å². The maximum Gasteiger partial charge on any atom is 0.242 e. The predicted molar refractivity (Wildman–Crippen MR) is 115 cm³/mol. The van der Waals surface area contributed by atoms with E-state index in [2.05, 4.69) is 5.32 Å². The van der Waals surface area contributed by atoms with Crippen molar-refractivity contribution < 1.29 is 9.59 Å². The van der Waals surface area contributed by atoms with Crippen molar-refractivity contribution in [3.63, 3.8) is 0 Å². The van der Waals surface area contributed by atoms with Crippen LogP contribution < -0.4 is 5.32 Å². The number of hydrogen-bond acceptors (Lipinski definition) is 2. The molecule has 28 heavy (non-hydrogen) atoms. The fourth-order valence-electron chi connectivity index (χ4n) is 2.78. The molecule has 150 valence electrons. The predicted octanol–water partition coefficient (Wildman–Crippen LogP) is 4.87. The molecule has 0 spiro atoms. The van der Waals surface area contributed by atoms with Crippen LogP contribution in [-0.4, -0.2) is 28.8 Å². The minimum atomic E-state index is -0.628. The van der Waals surface area contributed by atoms with Gasteiger partial charge in [0, 0.05) is 22.6 Å². The molecule has 2 aromatic rings. The fraction of sp³-hybridized carbons (Fsp3) is 0.364. The highest BCUT2D eigenvalue weighted by Gasteiger charge is 2.27. The molecule has 0 unspecified atom stereocenters. The zero-order chi connectivity index (χ0) is 20.7. The van der Waals surface area contributed by atoms with Gasteiger partial charge in [-0.1, -0.05) is 60.5 Å². The average Bonchev–Trinajstić information content (AvgIpc) is 2.66. The molecule has 0 bridgehead atoms. The molecule has 1 N–H and O–H groups in total. The Kier molecular flexibility index (Phi) is 8.34. The Morgan fingerprint density at radius 2 is 1.79 bits per heavy atom. The van der Waals surface area contributed by atoms with Crippen LogP contribution in [0.2, 0.25) is 10.0 Å². The molecule has 0 radical (unpaired) electrons. The van der Waals surface area contributed by atoms with Gasteiger partial charge in [0.2, 0.25) is 11.8 Å². The first-order chi connectivity index (χ1) is 13.3. The third-order valence-electron chi connectivity index (χ3n) is 4.71. The second kappa shape index (κ2) is 10.5. The van der Waals surface area contributed by atoms with E-state index in [0.29, 0.717) is 10.0 Å². The van der Waals surface area contributed by atoms with Gasteiger partial charge in [0.15, 0.2) is 0 Å². The second-order valence-corrected chi connectivity index (χ2v) is 7.76. The van der Waals surface area contributed by atoms with Gasteiger partial charge in [-0.3, -0.25) is 9.59 Å². The van der Waals surface area contributed by atoms with Gasteiger partial charge in [0.1, 0.15) is 6.04 Å². The van der Waals surface area contributed by atoms with Crippen molar-refractivity contribution in [3.8, 4) is 0 Å². The fourth-order valence-corrected chi connectivity index (χ4v) is 3.19. The maximum absolute atomic E-state index is 13.1. The lowest BCUT2D eigenvalue weighted by molar-refractivity contribution is -0.140. The van der Waals surface area contributed by atoms with Gasteiger partial charge >= 0.3 is 0 Å². The van der Waals surface area contributed by atoms with E-state index in [-0.39, 0.29) is 30.8 Å². The summed E-state index contributed by atoms with van der Waals surface area (Å²) >= 11 is 12.3. The van der Waals surface area contributed by atoms with Crippen LogP contribution in [0.4, 0.5) is 0 Å². The van der Waals surface area contributed by atoms with Crippen LogP contribution in [0.5, 0.6) is 0 Å². The molecule has 2 aromatic carbocycles. The van der Waals surface area contributed by atoms with Crippen molar-refractivity contribution in [1.82, 2.24) is 10.2 Å². The summed E-state index contributed by atoms with van der Waals surface area (Å²) in [5.74, 6) is -0.338. The Morgan fingerprint density at radius 1 is 1.07 bits per heavy atom. The summed E-state index contributed by atoms with van der Waals surface area (Å²) in [6.07, 6.45) is 0.978. The monoisotopic (exact) mass is 420 g/mol. The minimum Gasteiger partial charge on any atom is -0.352 e. The molecule has 4 nitrogen and oxygen atoms in total. The molecule has 0 aliphatic rings. The molecule has 2 rings (SSSR count). The van der Waals surface area contributed by atoms with Crippen LogP contribution in [0.15, 0.2) is 48.5 Å². The molecule has 0 heterocycles. The summed E-state index contributed by atoms with van der Waals surface area (Å²) in [7, 11) is 0. The summed E-state index contributed by atoms with van der Waals surface area (Å²) in [6.45, 7) is 5.94. The van der Waals surface area contributed by atoms with Gasteiger partial charge < -0.3 is 10.2 Å². The van der Waals surface area contributed by atoms with Gasteiger partial charge in [-0.05, 0) is 49.6 Å². The molecule has 0 fully saturated rings. The van der Waals surface area contributed by atoms with E-state index in [0.717, 1.165) is 17.5 Å². The first-order valence-electron chi connectivity index (χ1n) is 9.39. The van der Waals surface area contributed by atoms with E-state index in [1.54, 1.807) is 30.0 Å². The van der Waals surface area contributed by atoms with Crippen molar-refractivity contribution in [2.75, 3.05) is 0 Å². The van der Waals surface area contributed by atoms with Gasteiger partial charge in [0.05, 0.1) is 6.42 Å². The van der Waals surface area contributed by atoms with E-state index in [9.17, 15) is 9.59 Å². The lowest BCUT2D eigenvalue weighted by atomic mass is 10.1. The Morgan fingerprint density at radius 3 is 2.43 bits per heavy atom. The largest absolute Gasteiger partial charge is 0.352 e. The van der Waals surface area contributed by atoms with Gasteiger partial charge in [-0.15, -0.1) is 0 Å². The Balaban J connectivity index is 2.25. The molecule has 0 saturated heterocycles. The molecule has 0 saturated carbocycles. The van der Waals surface area contributed by atoms with E-state index >= 15 is 0 Å². The molecule has 2 atom stereocenters. The Bertz CT molecular complexity index is 826. The van der Waals surface area contributed by atoms with Crippen molar-refractivity contribution in [3.05, 3.63) is 69.7 Å². The molecular formula is C22H26Cl2N2O2. The standard InChI is InChI=1S/C22H26Cl2N2O2/c1-4-15(2)25-22(28)16(3)26(14-18-9-5-6-11-20(18)24)21(27)13-17-8-7-10-19(23)12-17/h5-12,15-16H,4,13-14H2,1-3H3,(H,25,28)/t15-,16-/m1/s1. The normalized spacial score (nSPS) is 12.9. The highest BCUT2D eigenvalue weighted by molar-refractivity contribution is 6.31. The number of hydrogen-bond donors (Lipinski definition) is 1. The smallest absolute Gasteiger partial charge is 0.242 e. The number of halogens is 2. The van der Waals surface area contributed by atoms with E-state index in [1.165, 1.54) is 0 Å². The minimum absolute atomic E-state index is 0.0418. The zero-order valence-corrected chi connectivity index (χ0v) is 17.9.